The van der Waals surface area contributed by atoms with Crippen molar-refractivity contribution in [2.75, 3.05) is 26.2 Å². The lowest BCUT2D eigenvalue weighted by Gasteiger charge is -2.47. The molecule has 2 saturated heterocycles. The number of piperidine rings is 2. The molecule has 1 aromatic rings. The summed E-state index contributed by atoms with van der Waals surface area (Å²) >= 11 is 0. The van der Waals surface area contributed by atoms with Crippen molar-refractivity contribution in [3.63, 3.8) is 0 Å². The van der Waals surface area contributed by atoms with Gasteiger partial charge >= 0.3 is 5.97 Å². The number of nitrogens with zero attached hydrogens (tertiary/aromatic N) is 2. The zero-order chi connectivity index (χ0) is 14.7. The minimum atomic E-state index is -0.703. The molecule has 1 N–H and O–H groups in total. The highest BCUT2D eigenvalue weighted by Crippen LogP contribution is 2.31. The van der Waals surface area contributed by atoms with Gasteiger partial charge in [-0.3, -0.25) is 14.6 Å². The largest absolute Gasteiger partial charge is 0.480 e. The normalized spacial score (nSPS) is 27.2. The van der Waals surface area contributed by atoms with E-state index in [1.165, 1.54) is 24.9 Å². The van der Waals surface area contributed by atoms with Gasteiger partial charge in [-0.15, -0.1) is 0 Å². The van der Waals surface area contributed by atoms with Crippen molar-refractivity contribution < 1.29 is 9.90 Å². The molecule has 1 aromatic carbocycles. The van der Waals surface area contributed by atoms with Gasteiger partial charge in [-0.2, -0.15) is 0 Å². The third-order valence-corrected chi connectivity index (χ3v) is 4.85. The minimum Gasteiger partial charge on any atom is -0.480 e. The van der Waals surface area contributed by atoms with Gasteiger partial charge in [0.15, 0.2) is 0 Å². The van der Waals surface area contributed by atoms with Crippen LogP contribution in [0.2, 0.25) is 0 Å². The topological polar surface area (TPSA) is 43.8 Å². The van der Waals surface area contributed by atoms with Gasteiger partial charge in [0.05, 0.1) is 6.54 Å². The van der Waals surface area contributed by atoms with Crippen molar-refractivity contribution in [3.8, 4) is 0 Å². The molecule has 2 unspecified atom stereocenters. The van der Waals surface area contributed by atoms with Crippen molar-refractivity contribution in [3.05, 3.63) is 35.9 Å². The summed E-state index contributed by atoms with van der Waals surface area (Å²) in [5, 5.41) is 8.96. The molecular formula is C17H24N2O2. The molecule has 2 aliphatic heterocycles. The Morgan fingerprint density at radius 1 is 1.19 bits per heavy atom. The number of carboxylic acid groups (broad SMARTS) is 1. The lowest BCUT2D eigenvalue weighted by molar-refractivity contribution is -0.139. The van der Waals surface area contributed by atoms with E-state index >= 15 is 0 Å². The van der Waals surface area contributed by atoms with E-state index in [9.17, 15) is 4.79 Å². The second-order valence-electron chi connectivity index (χ2n) is 6.34. The average Bonchev–Trinajstić information content (AvgIpc) is 2.48. The molecule has 4 heteroatoms. The van der Waals surface area contributed by atoms with E-state index in [2.05, 4.69) is 40.1 Å². The molecule has 4 nitrogen and oxygen atoms in total. The molecular weight excluding hydrogens is 264 g/mol. The van der Waals surface area contributed by atoms with Crippen LogP contribution in [0.3, 0.4) is 0 Å². The Morgan fingerprint density at radius 2 is 2.00 bits per heavy atom. The Morgan fingerprint density at radius 3 is 2.76 bits per heavy atom. The van der Waals surface area contributed by atoms with Crippen LogP contribution in [0.25, 0.3) is 0 Å². The van der Waals surface area contributed by atoms with Crippen molar-refractivity contribution in [2.24, 2.45) is 5.92 Å². The summed E-state index contributed by atoms with van der Waals surface area (Å²) in [5.74, 6) is -0.0686. The van der Waals surface area contributed by atoms with Gasteiger partial charge in [0.2, 0.25) is 0 Å². The maximum absolute atomic E-state index is 10.9. The summed E-state index contributed by atoms with van der Waals surface area (Å²) in [6.45, 7) is 4.26. The Balaban J connectivity index is 1.62. The number of aliphatic carboxylic acids is 1. The van der Waals surface area contributed by atoms with Gasteiger partial charge in [-0.1, -0.05) is 30.3 Å². The Kier molecular flexibility index (Phi) is 4.56. The van der Waals surface area contributed by atoms with Crippen molar-refractivity contribution in [2.45, 2.75) is 31.8 Å². The molecule has 0 amide bonds. The van der Waals surface area contributed by atoms with Crippen LogP contribution < -0.4 is 0 Å². The maximum atomic E-state index is 10.9. The number of likely N-dealkylation sites (tertiary alicyclic amines) is 2. The van der Waals surface area contributed by atoms with E-state index < -0.39 is 5.97 Å². The quantitative estimate of drug-likeness (QED) is 0.921. The summed E-state index contributed by atoms with van der Waals surface area (Å²) in [7, 11) is 0. The van der Waals surface area contributed by atoms with Gasteiger partial charge in [0.25, 0.3) is 0 Å². The lowest BCUT2D eigenvalue weighted by Crippen LogP contribution is -2.54. The highest BCUT2D eigenvalue weighted by atomic mass is 16.4. The van der Waals surface area contributed by atoms with Crippen LogP contribution in [0.4, 0.5) is 0 Å². The number of hydrogen-bond acceptors (Lipinski definition) is 3. The Hall–Kier alpha value is -1.39. The first-order valence-electron chi connectivity index (χ1n) is 7.94. The molecule has 3 rings (SSSR count). The van der Waals surface area contributed by atoms with E-state index in [1.54, 1.807) is 0 Å². The fraction of sp³-hybridized carbons (Fsp3) is 0.588. The molecule has 0 bridgehead atoms. The summed E-state index contributed by atoms with van der Waals surface area (Å²) in [4.78, 5) is 15.6. The Labute approximate surface area is 126 Å². The first kappa shape index (κ1) is 14.5. The third-order valence-electron chi connectivity index (χ3n) is 4.85. The van der Waals surface area contributed by atoms with Crippen molar-refractivity contribution in [1.82, 2.24) is 9.80 Å². The van der Waals surface area contributed by atoms with E-state index in [1.807, 2.05) is 0 Å². The number of carbonyl (C=O) groups is 1. The fourth-order valence-electron chi connectivity index (χ4n) is 3.93. The molecule has 0 aromatic heterocycles. The van der Waals surface area contributed by atoms with E-state index in [4.69, 9.17) is 5.11 Å². The summed E-state index contributed by atoms with van der Waals surface area (Å²) in [5.41, 5.74) is 1.38. The second-order valence-corrected chi connectivity index (χ2v) is 6.34. The van der Waals surface area contributed by atoms with E-state index in [0.29, 0.717) is 12.0 Å². The Bertz CT molecular complexity index is 477. The number of hydrogen-bond donors (Lipinski definition) is 1. The molecule has 2 heterocycles. The van der Waals surface area contributed by atoms with E-state index in [0.717, 1.165) is 26.1 Å². The SMILES string of the molecule is O=C(O)CN1CCC2C(CCCN2Cc2ccccc2)C1. The molecule has 114 valence electrons. The molecule has 2 aliphatic rings. The fourth-order valence-corrected chi connectivity index (χ4v) is 3.93. The molecule has 0 spiro atoms. The first-order valence-corrected chi connectivity index (χ1v) is 7.94. The van der Waals surface area contributed by atoms with Crippen LogP contribution in [0.5, 0.6) is 0 Å². The van der Waals surface area contributed by atoms with Gasteiger partial charge in [0.1, 0.15) is 0 Å². The zero-order valence-corrected chi connectivity index (χ0v) is 12.4. The number of benzene rings is 1. The van der Waals surface area contributed by atoms with Crippen LogP contribution in [0, 0.1) is 5.92 Å². The van der Waals surface area contributed by atoms with Gasteiger partial charge in [-0.05, 0) is 37.3 Å². The van der Waals surface area contributed by atoms with Gasteiger partial charge in [-0.25, -0.2) is 0 Å². The van der Waals surface area contributed by atoms with Gasteiger partial charge in [0, 0.05) is 25.7 Å². The monoisotopic (exact) mass is 288 g/mol. The average molecular weight is 288 g/mol. The molecule has 2 atom stereocenters. The number of rotatable bonds is 4. The minimum absolute atomic E-state index is 0.196. The van der Waals surface area contributed by atoms with E-state index in [-0.39, 0.29) is 6.54 Å². The second kappa shape index (κ2) is 6.58. The standard InChI is InChI=1S/C17H24N2O2/c20-17(21)13-18-10-8-16-15(12-18)7-4-9-19(16)11-14-5-2-1-3-6-14/h1-3,5-6,15-16H,4,7-13H2,(H,20,21). The predicted molar refractivity (Wildman–Crippen MR) is 82.1 cm³/mol. The smallest absolute Gasteiger partial charge is 0.317 e. The van der Waals surface area contributed by atoms with Crippen molar-refractivity contribution in [1.29, 1.82) is 0 Å². The number of carboxylic acids is 1. The highest BCUT2D eigenvalue weighted by molar-refractivity contribution is 5.69. The lowest BCUT2D eigenvalue weighted by atomic mass is 9.83. The molecule has 0 radical (unpaired) electrons. The van der Waals surface area contributed by atoms with Crippen LogP contribution in [-0.2, 0) is 11.3 Å². The van der Waals surface area contributed by atoms with Crippen molar-refractivity contribution >= 4 is 5.97 Å². The molecule has 2 fully saturated rings. The van der Waals surface area contributed by atoms with Crippen LogP contribution in [0.15, 0.2) is 30.3 Å². The van der Waals surface area contributed by atoms with Crippen LogP contribution in [-0.4, -0.2) is 53.1 Å². The summed E-state index contributed by atoms with van der Waals surface area (Å²) in [6, 6.07) is 11.3. The van der Waals surface area contributed by atoms with Gasteiger partial charge < -0.3 is 5.11 Å². The predicted octanol–water partition coefficient (Wildman–Crippen LogP) is 2.06. The highest BCUT2D eigenvalue weighted by Gasteiger charge is 2.36. The summed E-state index contributed by atoms with van der Waals surface area (Å²) < 4.78 is 0. The number of fused-ring (bicyclic) bond motifs is 1. The van der Waals surface area contributed by atoms with Crippen LogP contribution in [0.1, 0.15) is 24.8 Å². The zero-order valence-electron chi connectivity index (χ0n) is 12.4. The summed E-state index contributed by atoms with van der Waals surface area (Å²) in [6.07, 6.45) is 3.58. The molecule has 21 heavy (non-hydrogen) atoms. The van der Waals surface area contributed by atoms with Crippen LogP contribution >= 0.6 is 0 Å². The third kappa shape index (κ3) is 3.63. The molecule has 0 saturated carbocycles. The maximum Gasteiger partial charge on any atom is 0.317 e. The first-order chi connectivity index (χ1) is 10.2. The molecule has 0 aliphatic carbocycles.